The quantitative estimate of drug-likeness (QED) is 0.746. The molecule has 1 amide bonds. The van der Waals surface area contributed by atoms with E-state index in [9.17, 15) is 19.1 Å². The van der Waals surface area contributed by atoms with Gasteiger partial charge in [-0.1, -0.05) is 26.0 Å². The summed E-state index contributed by atoms with van der Waals surface area (Å²) in [6.07, 6.45) is 0.105. The van der Waals surface area contributed by atoms with Gasteiger partial charge < -0.3 is 10.4 Å². The lowest BCUT2D eigenvalue weighted by molar-refractivity contribution is 0.0913. The molecule has 1 aromatic heterocycles. The Labute approximate surface area is 138 Å². The van der Waals surface area contributed by atoms with Crippen LogP contribution in [0.25, 0.3) is 0 Å². The van der Waals surface area contributed by atoms with Crippen LogP contribution in [0.15, 0.2) is 29.1 Å². The predicted molar refractivity (Wildman–Crippen MR) is 87.3 cm³/mol. The number of aryl methyl sites for hydroxylation is 1. The van der Waals surface area contributed by atoms with E-state index in [4.69, 9.17) is 0 Å². The zero-order chi connectivity index (χ0) is 17.7. The molecule has 0 bridgehead atoms. The van der Waals surface area contributed by atoms with Gasteiger partial charge >= 0.3 is 0 Å². The van der Waals surface area contributed by atoms with Crippen LogP contribution < -0.4 is 10.9 Å². The summed E-state index contributed by atoms with van der Waals surface area (Å²) in [5, 5.41) is 18.9. The Hall–Kier alpha value is -2.54. The molecule has 128 valence electrons. The summed E-state index contributed by atoms with van der Waals surface area (Å²) in [5.74, 6) is -0.968. The zero-order valence-electron chi connectivity index (χ0n) is 13.6. The molecule has 2 aromatic rings. The maximum atomic E-state index is 12.9. The fraction of sp³-hybridized carbons (Fsp3) is 0.353. The van der Waals surface area contributed by atoms with E-state index in [1.54, 1.807) is 0 Å². The highest BCUT2D eigenvalue weighted by atomic mass is 19.1. The number of nitrogens with zero attached hydrogens (tertiary/aromatic N) is 1. The number of aromatic amines is 1. The Morgan fingerprint density at radius 3 is 2.54 bits per heavy atom. The molecule has 0 spiro atoms. The van der Waals surface area contributed by atoms with Crippen molar-refractivity contribution in [1.82, 2.24) is 15.5 Å². The van der Waals surface area contributed by atoms with Gasteiger partial charge in [-0.15, -0.1) is 0 Å². The van der Waals surface area contributed by atoms with Crippen LogP contribution in [0.4, 0.5) is 4.39 Å². The van der Waals surface area contributed by atoms with Crippen LogP contribution in [0.3, 0.4) is 0 Å². The maximum absolute atomic E-state index is 12.9. The second-order valence-electron chi connectivity index (χ2n) is 5.34. The van der Waals surface area contributed by atoms with Crippen molar-refractivity contribution >= 4 is 5.91 Å². The third-order valence-electron chi connectivity index (χ3n) is 3.80. The maximum Gasteiger partial charge on any atom is 0.277 e. The van der Waals surface area contributed by atoms with Crippen LogP contribution in [0.5, 0.6) is 0 Å². The molecular formula is C17H20FN3O3. The molecule has 0 radical (unpaired) electrons. The summed E-state index contributed by atoms with van der Waals surface area (Å²) >= 11 is 0. The van der Waals surface area contributed by atoms with Crippen molar-refractivity contribution in [1.29, 1.82) is 0 Å². The molecule has 0 saturated carbocycles. The minimum absolute atomic E-state index is 0.0238. The van der Waals surface area contributed by atoms with Crippen molar-refractivity contribution < 1.29 is 14.3 Å². The van der Waals surface area contributed by atoms with Gasteiger partial charge in [0.1, 0.15) is 11.4 Å². The van der Waals surface area contributed by atoms with E-state index < -0.39 is 23.4 Å². The van der Waals surface area contributed by atoms with E-state index in [1.807, 2.05) is 13.8 Å². The molecule has 0 saturated heterocycles. The number of aliphatic hydroxyl groups excluding tert-OH is 1. The van der Waals surface area contributed by atoms with E-state index >= 15 is 0 Å². The molecule has 1 heterocycles. The Kier molecular flexibility index (Phi) is 5.81. The van der Waals surface area contributed by atoms with Gasteiger partial charge in [-0.05, 0) is 36.1 Å². The second kappa shape index (κ2) is 7.83. The van der Waals surface area contributed by atoms with Gasteiger partial charge in [0, 0.05) is 6.54 Å². The van der Waals surface area contributed by atoms with Crippen molar-refractivity contribution in [2.75, 3.05) is 6.54 Å². The van der Waals surface area contributed by atoms with Gasteiger partial charge in [-0.3, -0.25) is 9.59 Å². The predicted octanol–water partition coefficient (Wildman–Crippen LogP) is 1.50. The molecule has 3 N–H and O–H groups in total. The molecule has 0 aliphatic carbocycles. The van der Waals surface area contributed by atoms with Crippen LogP contribution in [-0.2, 0) is 12.8 Å². The highest BCUT2D eigenvalue weighted by Gasteiger charge is 2.19. The van der Waals surface area contributed by atoms with Gasteiger partial charge in [-0.25, -0.2) is 9.49 Å². The molecule has 0 aliphatic rings. The van der Waals surface area contributed by atoms with Crippen LogP contribution in [0.1, 0.15) is 47.1 Å². The average molecular weight is 333 g/mol. The lowest BCUT2D eigenvalue weighted by Gasteiger charge is -2.14. The van der Waals surface area contributed by atoms with Crippen molar-refractivity contribution in [3.8, 4) is 0 Å². The summed E-state index contributed by atoms with van der Waals surface area (Å²) in [5.41, 5.74) is 1.22. The smallest absolute Gasteiger partial charge is 0.277 e. The first-order valence-electron chi connectivity index (χ1n) is 7.80. The molecule has 1 aromatic carbocycles. The van der Waals surface area contributed by atoms with E-state index in [-0.39, 0.29) is 12.1 Å². The summed E-state index contributed by atoms with van der Waals surface area (Å²) in [6.45, 7) is 3.65. The zero-order valence-corrected chi connectivity index (χ0v) is 13.6. The topological polar surface area (TPSA) is 95.1 Å². The second-order valence-corrected chi connectivity index (χ2v) is 5.34. The minimum atomic E-state index is -0.994. The number of benzene rings is 1. The molecule has 2 rings (SSSR count). The van der Waals surface area contributed by atoms with E-state index in [0.29, 0.717) is 29.7 Å². The number of halogens is 1. The Bertz CT molecular complexity index is 772. The van der Waals surface area contributed by atoms with Gasteiger partial charge in [-0.2, -0.15) is 5.10 Å². The number of rotatable bonds is 6. The monoisotopic (exact) mass is 333 g/mol. The summed E-state index contributed by atoms with van der Waals surface area (Å²) < 4.78 is 12.9. The first-order chi connectivity index (χ1) is 11.5. The lowest BCUT2D eigenvalue weighted by Crippen LogP contribution is -2.35. The summed E-state index contributed by atoms with van der Waals surface area (Å²) in [7, 11) is 0. The number of hydrogen-bond donors (Lipinski definition) is 3. The van der Waals surface area contributed by atoms with Gasteiger partial charge in [0.05, 0.1) is 11.8 Å². The number of carbonyl (C=O) groups excluding carboxylic acids is 1. The van der Waals surface area contributed by atoms with Crippen LogP contribution in [0.2, 0.25) is 0 Å². The van der Waals surface area contributed by atoms with Crippen LogP contribution >= 0.6 is 0 Å². The molecule has 7 heteroatoms. The van der Waals surface area contributed by atoms with Crippen molar-refractivity contribution in [3.63, 3.8) is 0 Å². The van der Waals surface area contributed by atoms with Gasteiger partial charge in [0.2, 0.25) is 0 Å². The Balaban J connectivity index is 2.15. The number of hydrogen-bond acceptors (Lipinski definition) is 4. The van der Waals surface area contributed by atoms with Crippen molar-refractivity contribution in [2.45, 2.75) is 32.8 Å². The van der Waals surface area contributed by atoms with Gasteiger partial charge in [0.25, 0.3) is 11.5 Å². The number of nitrogens with one attached hydrogen (secondary N) is 2. The first-order valence-corrected chi connectivity index (χ1v) is 7.80. The highest BCUT2D eigenvalue weighted by molar-refractivity contribution is 5.95. The standard InChI is InChI=1S/C17H20FN3O3/c1-3-12-13(4-2)20-21-17(24)15(12)16(23)19-9-14(22)10-5-7-11(18)8-6-10/h5-8,14,22H,3-4,9H2,1-2H3,(H,19,23)(H,21,24). The molecule has 6 nitrogen and oxygen atoms in total. The SMILES string of the molecule is CCc1n[nH]c(=O)c(C(=O)NCC(O)c2ccc(F)cc2)c1CC. The summed E-state index contributed by atoms with van der Waals surface area (Å²) in [6, 6.07) is 5.35. The molecule has 1 unspecified atom stereocenters. The molecular weight excluding hydrogens is 313 g/mol. The lowest BCUT2D eigenvalue weighted by atomic mass is 10.0. The number of H-pyrrole nitrogens is 1. The van der Waals surface area contributed by atoms with E-state index in [1.165, 1.54) is 24.3 Å². The Morgan fingerprint density at radius 1 is 1.29 bits per heavy atom. The van der Waals surface area contributed by atoms with E-state index in [0.717, 1.165) is 0 Å². The first kappa shape index (κ1) is 17.8. The molecule has 0 aliphatic heterocycles. The van der Waals surface area contributed by atoms with Crippen molar-refractivity contribution in [3.05, 3.63) is 62.8 Å². The minimum Gasteiger partial charge on any atom is -0.387 e. The third kappa shape index (κ3) is 3.86. The number of carbonyl (C=O) groups is 1. The largest absolute Gasteiger partial charge is 0.387 e. The number of aromatic nitrogens is 2. The number of amides is 1. The highest BCUT2D eigenvalue weighted by Crippen LogP contribution is 2.14. The van der Waals surface area contributed by atoms with Gasteiger partial charge in [0.15, 0.2) is 0 Å². The van der Waals surface area contributed by atoms with E-state index in [2.05, 4.69) is 15.5 Å². The fourth-order valence-corrected chi connectivity index (χ4v) is 2.52. The molecule has 0 fully saturated rings. The fourth-order valence-electron chi connectivity index (χ4n) is 2.52. The van der Waals surface area contributed by atoms with Crippen LogP contribution in [-0.4, -0.2) is 27.8 Å². The molecule has 1 atom stereocenters. The normalized spacial score (nSPS) is 12.0. The van der Waals surface area contributed by atoms with Crippen LogP contribution in [0, 0.1) is 5.82 Å². The summed E-state index contributed by atoms with van der Waals surface area (Å²) in [4.78, 5) is 24.4. The van der Waals surface area contributed by atoms with Crippen molar-refractivity contribution in [2.24, 2.45) is 0 Å². The average Bonchev–Trinajstić information content (AvgIpc) is 2.59. The Morgan fingerprint density at radius 2 is 1.96 bits per heavy atom. The molecule has 24 heavy (non-hydrogen) atoms. The third-order valence-corrected chi connectivity index (χ3v) is 3.80. The number of aliphatic hydroxyl groups is 1.